The zero-order valence-corrected chi connectivity index (χ0v) is 37.1. The van der Waals surface area contributed by atoms with Gasteiger partial charge in [0.05, 0.1) is 20.3 Å². The van der Waals surface area contributed by atoms with Crippen LogP contribution >= 0.6 is 0 Å². The summed E-state index contributed by atoms with van der Waals surface area (Å²) in [7, 11) is 1.24. The lowest BCUT2D eigenvalue weighted by molar-refractivity contribution is -0.146. The number of hydrogen-bond donors (Lipinski definition) is 9. The number of nitrogens with two attached hydrogens (primary N) is 1. The molecule has 344 valence electrons. The average Bonchev–Trinajstić information content (AvgIpc) is 3.21. The van der Waals surface area contributed by atoms with Crippen LogP contribution in [0.3, 0.4) is 0 Å². The van der Waals surface area contributed by atoms with E-state index in [1.165, 1.54) is 7.11 Å². The van der Waals surface area contributed by atoms with Gasteiger partial charge < -0.3 is 41.2 Å². The van der Waals surface area contributed by atoms with Crippen LogP contribution in [0.15, 0.2) is 36.4 Å². The van der Waals surface area contributed by atoms with Crippen molar-refractivity contribution >= 4 is 58.3 Å². The van der Waals surface area contributed by atoms with Crippen molar-refractivity contribution in [3.63, 3.8) is 0 Å². The van der Waals surface area contributed by atoms with Crippen molar-refractivity contribution in [3.8, 4) is 11.5 Å². The molecular formula is C42H65N9O11. The van der Waals surface area contributed by atoms with Crippen molar-refractivity contribution in [3.05, 3.63) is 36.4 Å². The van der Waals surface area contributed by atoms with Gasteiger partial charge in [-0.1, -0.05) is 67.5 Å². The fourth-order valence-electron chi connectivity index (χ4n) is 5.93. The zero-order valence-electron chi connectivity index (χ0n) is 37.1. The van der Waals surface area contributed by atoms with Crippen LogP contribution in [0.4, 0.5) is 9.59 Å². The van der Waals surface area contributed by atoms with Crippen molar-refractivity contribution in [2.45, 2.75) is 112 Å². The maximum atomic E-state index is 13.4. The summed E-state index contributed by atoms with van der Waals surface area (Å²) in [5.74, 6) is -2.80. The molecule has 0 bridgehead atoms. The normalized spacial score (nSPS) is 13.0. The molecule has 0 aromatic heterocycles. The van der Waals surface area contributed by atoms with E-state index >= 15 is 0 Å². The standard InChI is InChI=1S/C42H65N9O11/c1-23(2)20-31(38(55)46-36(26(7)8)40(57)60-9)44-39(56)35(25(5)6)45-32(52)12-10-18-61-29-16-14-27-15-17-30(22-28(27)21-29)62-19-11-13-33(53)48-50-42(59)51-49-41(58)47-34(24(3)4)37(43)54/h14-17,21-26,31,34-36H,10-13,18-20H2,1-9H3,(H2,43,54)(H,44,56)(H,45,52)(H,46,55)(H,48,53)(H2,47,49,58)(H2,50,51,59)/t31-,34-,35-,36-/m0/s1. The molecule has 0 aliphatic rings. The van der Waals surface area contributed by atoms with Crippen LogP contribution in [-0.4, -0.2) is 92.1 Å². The third kappa shape index (κ3) is 18.5. The summed E-state index contributed by atoms with van der Waals surface area (Å²) in [6, 6.07) is 5.58. The number of nitrogens with one attached hydrogen (secondary N) is 8. The topological polar surface area (TPSA) is 287 Å². The number of fused-ring (bicyclic) bond motifs is 1. The Morgan fingerprint density at radius 2 is 1.08 bits per heavy atom. The van der Waals surface area contributed by atoms with Crippen LogP contribution in [-0.2, 0) is 33.5 Å². The quantitative estimate of drug-likeness (QED) is 0.0443. The predicted octanol–water partition coefficient (Wildman–Crippen LogP) is 2.20. The number of primary amides is 1. The summed E-state index contributed by atoms with van der Waals surface area (Å²) >= 11 is 0. The number of ether oxygens (including phenoxy) is 3. The minimum Gasteiger partial charge on any atom is -0.494 e. The first-order valence-electron chi connectivity index (χ1n) is 20.7. The van der Waals surface area contributed by atoms with Gasteiger partial charge in [-0.15, -0.1) is 0 Å². The molecule has 20 nitrogen and oxygen atoms in total. The van der Waals surface area contributed by atoms with Crippen LogP contribution in [0.2, 0.25) is 0 Å². The summed E-state index contributed by atoms with van der Waals surface area (Å²) < 4.78 is 16.6. The van der Waals surface area contributed by atoms with Gasteiger partial charge in [0.15, 0.2) is 0 Å². The van der Waals surface area contributed by atoms with Gasteiger partial charge in [-0.05, 0) is 78.0 Å². The number of urea groups is 2. The number of benzene rings is 2. The number of hydrazine groups is 2. The highest BCUT2D eigenvalue weighted by Crippen LogP contribution is 2.25. The van der Waals surface area contributed by atoms with E-state index in [0.29, 0.717) is 30.8 Å². The lowest BCUT2D eigenvalue weighted by Gasteiger charge is -2.28. The Kier molecular flexibility index (Phi) is 21.8. The van der Waals surface area contributed by atoms with E-state index in [-0.39, 0.29) is 55.6 Å². The van der Waals surface area contributed by atoms with Crippen LogP contribution in [0.5, 0.6) is 11.5 Å². The molecule has 0 fully saturated rings. The van der Waals surface area contributed by atoms with E-state index in [0.717, 1.165) is 10.8 Å². The summed E-state index contributed by atoms with van der Waals surface area (Å²) in [4.78, 5) is 99.2. The maximum Gasteiger partial charge on any atom is 0.352 e. The van der Waals surface area contributed by atoms with Gasteiger partial charge in [-0.2, -0.15) is 0 Å². The fraction of sp³-hybridized carbons (Fsp3) is 0.571. The molecule has 0 spiro atoms. The molecule has 0 aliphatic carbocycles. The molecule has 4 atom stereocenters. The van der Waals surface area contributed by atoms with Crippen LogP contribution in [0.1, 0.15) is 87.5 Å². The third-order valence-electron chi connectivity index (χ3n) is 9.31. The molecule has 0 saturated heterocycles. The first-order chi connectivity index (χ1) is 29.2. The summed E-state index contributed by atoms with van der Waals surface area (Å²) in [6.45, 7) is 14.8. The molecule has 0 aliphatic heterocycles. The molecule has 2 rings (SSSR count). The van der Waals surface area contributed by atoms with Crippen LogP contribution in [0, 0.1) is 23.7 Å². The van der Waals surface area contributed by atoms with Crippen LogP contribution < -0.4 is 58.2 Å². The molecule has 0 unspecified atom stereocenters. The first-order valence-corrected chi connectivity index (χ1v) is 20.7. The number of rotatable bonds is 23. The highest BCUT2D eigenvalue weighted by atomic mass is 16.5. The van der Waals surface area contributed by atoms with Crippen LogP contribution in [0.25, 0.3) is 10.8 Å². The monoisotopic (exact) mass is 871 g/mol. The fourth-order valence-corrected chi connectivity index (χ4v) is 5.93. The molecule has 20 heteroatoms. The van der Waals surface area contributed by atoms with Gasteiger partial charge in [0.2, 0.25) is 29.5 Å². The van der Waals surface area contributed by atoms with Gasteiger partial charge in [0.25, 0.3) is 0 Å². The van der Waals surface area contributed by atoms with E-state index in [2.05, 4.69) is 32.1 Å². The van der Waals surface area contributed by atoms with Gasteiger partial charge in [0.1, 0.15) is 35.7 Å². The second-order valence-electron chi connectivity index (χ2n) is 16.2. The molecule has 2 aromatic rings. The number of carbonyl (C=O) groups excluding carboxylic acids is 8. The highest BCUT2D eigenvalue weighted by molar-refractivity contribution is 5.94. The number of carbonyl (C=O) groups is 8. The average molecular weight is 872 g/mol. The number of esters is 1. The Hall–Kier alpha value is -6.34. The molecule has 0 saturated carbocycles. The highest BCUT2D eigenvalue weighted by Gasteiger charge is 2.32. The molecule has 10 N–H and O–H groups in total. The smallest absolute Gasteiger partial charge is 0.352 e. The van der Waals surface area contributed by atoms with E-state index in [4.69, 9.17) is 19.9 Å². The van der Waals surface area contributed by atoms with Crippen molar-refractivity contribution in [1.29, 1.82) is 0 Å². The van der Waals surface area contributed by atoms with Gasteiger partial charge in [-0.25, -0.2) is 30.7 Å². The van der Waals surface area contributed by atoms with E-state index < -0.39 is 65.8 Å². The van der Waals surface area contributed by atoms with Crippen molar-refractivity contribution in [1.82, 2.24) is 43.0 Å². The van der Waals surface area contributed by atoms with E-state index in [1.54, 1.807) is 47.6 Å². The Labute approximate surface area is 362 Å². The Morgan fingerprint density at radius 3 is 1.58 bits per heavy atom. The lowest BCUT2D eigenvalue weighted by atomic mass is 9.98. The number of amides is 9. The Morgan fingerprint density at radius 1 is 0.565 bits per heavy atom. The second kappa shape index (κ2) is 26.1. The number of hydrogen-bond acceptors (Lipinski definition) is 11. The Bertz CT molecular complexity index is 1850. The maximum absolute atomic E-state index is 13.4. The second-order valence-corrected chi connectivity index (χ2v) is 16.2. The van der Waals surface area contributed by atoms with Crippen molar-refractivity contribution in [2.24, 2.45) is 29.4 Å². The van der Waals surface area contributed by atoms with Gasteiger partial charge in [0, 0.05) is 12.8 Å². The lowest BCUT2D eigenvalue weighted by Crippen LogP contribution is -2.57. The molecule has 9 amide bonds. The SMILES string of the molecule is COC(=O)[C@@H](NC(=O)[C@H](CC(C)C)NC(=O)[C@@H](NC(=O)CCCOc1ccc2ccc(OCCCC(=O)NNC(=O)NNC(=O)N[C@H](C(N)=O)C(C)C)cc2c1)C(C)C)C(C)C. The van der Waals surface area contributed by atoms with E-state index in [9.17, 15) is 38.4 Å². The van der Waals surface area contributed by atoms with Crippen molar-refractivity contribution in [2.75, 3.05) is 20.3 Å². The summed E-state index contributed by atoms with van der Waals surface area (Å²) in [6.07, 6.45) is 1.11. The van der Waals surface area contributed by atoms with Crippen molar-refractivity contribution < 1.29 is 52.6 Å². The summed E-state index contributed by atoms with van der Waals surface area (Å²) in [5.41, 5.74) is 13.6. The Balaban J connectivity index is 1.81. The third-order valence-corrected chi connectivity index (χ3v) is 9.31. The predicted molar refractivity (Wildman–Crippen MR) is 230 cm³/mol. The minimum absolute atomic E-state index is 0.0218. The molecule has 2 aromatic carbocycles. The largest absolute Gasteiger partial charge is 0.494 e. The van der Waals surface area contributed by atoms with Gasteiger partial charge >= 0.3 is 18.0 Å². The van der Waals surface area contributed by atoms with E-state index in [1.807, 2.05) is 55.0 Å². The zero-order chi connectivity index (χ0) is 46.5. The molecular weight excluding hydrogens is 807 g/mol. The molecule has 62 heavy (non-hydrogen) atoms. The molecule has 0 heterocycles. The minimum atomic E-state index is -0.941. The van der Waals surface area contributed by atoms with Gasteiger partial charge in [-0.3, -0.25) is 29.4 Å². The summed E-state index contributed by atoms with van der Waals surface area (Å²) in [5, 5.41) is 12.4. The first kappa shape index (κ1) is 51.8. The molecule has 0 radical (unpaired) electrons. The number of methoxy groups -OCH3 is 1.